The summed E-state index contributed by atoms with van der Waals surface area (Å²) in [6.45, 7) is 7.34. The number of amides is 1. The first kappa shape index (κ1) is 24.6. The van der Waals surface area contributed by atoms with Gasteiger partial charge >= 0.3 is 0 Å². The number of imidazole rings is 1. The minimum atomic E-state index is -4.10. The number of H-pyrrole nitrogens is 1. The number of nitrogens with one attached hydrogen (secondary N) is 3. The second-order valence-electron chi connectivity index (χ2n) is 8.60. The maximum absolute atomic E-state index is 13.3. The number of carbonyl (C=O) groups excluding carboxylic acids is 1. The zero-order valence-corrected chi connectivity index (χ0v) is 20.9. The van der Waals surface area contributed by atoms with E-state index in [0.717, 1.165) is 5.52 Å². The van der Waals surface area contributed by atoms with E-state index in [0.29, 0.717) is 22.5 Å². The van der Waals surface area contributed by atoms with Crippen LogP contribution in [0.5, 0.6) is 0 Å². The first-order valence-corrected chi connectivity index (χ1v) is 14.3. The number of rotatable bonds is 7. The van der Waals surface area contributed by atoms with E-state index in [-0.39, 0.29) is 23.4 Å². The number of carbonyl (C=O) groups is 1. The standard InChI is InChI=1S/C25H21N5O5S2/c1-26-20-8-4-5-9-22(20)36(32,33)29-21(25-27-18-6-2-3-7-19(18)28-25)14-16-10-12-17(13-11-16)23-15-24(31)30-37(23,34)35/h2-13,21,23,29H,14-15H2,(H,27,28)(H,30,31)/t21-,23?/m0/s1. The molecule has 3 aromatic carbocycles. The van der Waals surface area contributed by atoms with Gasteiger partial charge in [-0.1, -0.05) is 60.7 Å². The second-order valence-corrected chi connectivity index (χ2v) is 12.1. The first-order valence-electron chi connectivity index (χ1n) is 11.2. The molecular formula is C25H21N5O5S2. The maximum atomic E-state index is 13.3. The molecule has 2 heterocycles. The van der Waals surface area contributed by atoms with Gasteiger partial charge in [0, 0.05) is 0 Å². The Balaban J connectivity index is 1.48. The fraction of sp³-hybridized carbons (Fsp3) is 0.160. The Bertz CT molecular complexity index is 1720. The van der Waals surface area contributed by atoms with Crippen LogP contribution >= 0.6 is 0 Å². The third kappa shape index (κ3) is 4.97. The van der Waals surface area contributed by atoms with Gasteiger partial charge in [0.25, 0.3) is 0 Å². The Morgan fingerprint density at radius 1 is 1.05 bits per heavy atom. The molecule has 0 spiro atoms. The van der Waals surface area contributed by atoms with Crippen molar-refractivity contribution in [2.75, 3.05) is 0 Å². The predicted molar refractivity (Wildman–Crippen MR) is 136 cm³/mol. The number of sulfonamides is 2. The van der Waals surface area contributed by atoms with Crippen molar-refractivity contribution in [3.05, 3.63) is 101 Å². The Morgan fingerprint density at radius 3 is 2.43 bits per heavy atom. The largest absolute Gasteiger partial charge is 0.341 e. The molecule has 188 valence electrons. The lowest BCUT2D eigenvalue weighted by molar-refractivity contribution is -0.118. The zero-order valence-electron chi connectivity index (χ0n) is 19.2. The molecule has 4 aromatic rings. The molecule has 37 heavy (non-hydrogen) atoms. The smallest absolute Gasteiger partial charge is 0.242 e. The van der Waals surface area contributed by atoms with Gasteiger partial charge in [0.2, 0.25) is 31.6 Å². The van der Waals surface area contributed by atoms with Gasteiger partial charge in [0.1, 0.15) is 11.1 Å². The van der Waals surface area contributed by atoms with Gasteiger partial charge in [0.05, 0.1) is 35.0 Å². The lowest BCUT2D eigenvalue weighted by Crippen LogP contribution is -2.31. The maximum Gasteiger partial charge on any atom is 0.242 e. The number of hydrogen-bond acceptors (Lipinski definition) is 6. The monoisotopic (exact) mass is 535 g/mol. The quantitative estimate of drug-likeness (QED) is 0.310. The lowest BCUT2D eigenvalue weighted by atomic mass is 10.0. The van der Waals surface area contributed by atoms with E-state index >= 15 is 0 Å². The van der Waals surface area contributed by atoms with Crippen molar-refractivity contribution in [2.45, 2.75) is 29.0 Å². The molecule has 0 bridgehead atoms. The molecule has 0 radical (unpaired) electrons. The van der Waals surface area contributed by atoms with Crippen LogP contribution in [0, 0.1) is 6.57 Å². The van der Waals surface area contributed by atoms with Gasteiger partial charge in [-0.3, -0.25) is 9.52 Å². The van der Waals surface area contributed by atoms with Gasteiger partial charge in [0.15, 0.2) is 0 Å². The van der Waals surface area contributed by atoms with Crippen LogP contribution in [0.25, 0.3) is 15.9 Å². The summed E-state index contributed by atoms with van der Waals surface area (Å²) in [5.74, 6) is -0.157. The Labute approximate surface area is 213 Å². The summed E-state index contributed by atoms with van der Waals surface area (Å²) in [5.41, 5.74) is 2.59. The number of aromatic nitrogens is 2. The van der Waals surface area contributed by atoms with Gasteiger partial charge in [-0.15, -0.1) is 0 Å². The molecule has 1 aliphatic heterocycles. The van der Waals surface area contributed by atoms with E-state index in [9.17, 15) is 21.6 Å². The zero-order chi connectivity index (χ0) is 26.2. The van der Waals surface area contributed by atoms with Crippen LogP contribution in [0.15, 0.2) is 77.7 Å². The van der Waals surface area contributed by atoms with E-state index in [1.165, 1.54) is 12.1 Å². The van der Waals surface area contributed by atoms with E-state index in [1.54, 1.807) is 42.5 Å². The van der Waals surface area contributed by atoms with Crippen molar-refractivity contribution in [2.24, 2.45) is 0 Å². The highest BCUT2D eigenvalue weighted by Gasteiger charge is 2.37. The van der Waals surface area contributed by atoms with E-state index in [4.69, 9.17) is 6.57 Å². The Hall–Kier alpha value is -4.05. The predicted octanol–water partition coefficient (Wildman–Crippen LogP) is 3.27. The number of hydrogen-bond donors (Lipinski definition) is 3. The molecule has 0 aliphatic carbocycles. The molecule has 1 aromatic heterocycles. The fourth-order valence-electron chi connectivity index (χ4n) is 4.31. The van der Waals surface area contributed by atoms with Gasteiger partial charge in [-0.2, -0.15) is 0 Å². The third-order valence-electron chi connectivity index (χ3n) is 6.10. The van der Waals surface area contributed by atoms with E-state index in [1.807, 2.05) is 22.9 Å². The van der Waals surface area contributed by atoms with Crippen molar-refractivity contribution in [1.82, 2.24) is 19.4 Å². The minimum absolute atomic E-state index is 0.00337. The Morgan fingerprint density at radius 2 is 1.76 bits per heavy atom. The van der Waals surface area contributed by atoms with Crippen molar-refractivity contribution >= 4 is 42.7 Å². The molecule has 1 amide bonds. The summed E-state index contributed by atoms with van der Waals surface area (Å²) in [7, 11) is -7.87. The van der Waals surface area contributed by atoms with Crippen molar-refractivity contribution in [3.63, 3.8) is 0 Å². The summed E-state index contributed by atoms with van der Waals surface area (Å²) < 4.78 is 55.8. The minimum Gasteiger partial charge on any atom is -0.341 e. The summed E-state index contributed by atoms with van der Waals surface area (Å²) in [6, 6.07) is 19.1. The number of nitrogens with zero attached hydrogens (tertiary/aromatic N) is 2. The highest BCUT2D eigenvalue weighted by atomic mass is 32.2. The molecule has 1 unspecified atom stereocenters. The number of benzene rings is 3. The van der Waals surface area contributed by atoms with Crippen LogP contribution in [0.2, 0.25) is 0 Å². The van der Waals surface area contributed by atoms with Crippen LogP contribution < -0.4 is 9.44 Å². The Kier molecular flexibility index (Phi) is 6.28. The summed E-state index contributed by atoms with van der Waals surface area (Å²) >= 11 is 0. The van der Waals surface area contributed by atoms with E-state index in [2.05, 4.69) is 19.5 Å². The third-order valence-corrected chi connectivity index (χ3v) is 9.32. The molecule has 0 saturated carbocycles. The normalized spacial score (nSPS) is 17.8. The summed E-state index contributed by atoms with van der Waals surface area (Å²) in [5, 5.41) is -0.969. The molecular weight excluding hydrogens is 514 g/mol. The highest BCUT2D eigenvalue weighted by molar-refractivity contribution is 7.90. The molecule has 5 rings (SSSR count). The van der Waals surface area contributed by atoms with Crippen molar-refractivity contribution in [1.29, 1.82) is 0 Å². The van der Waals surface area contributed by atoms with Crippen LogP contribution in [-0.4, -0.2) is 32.7 Å². The average molecular weight is 536 g/mol. The van der Waals surface area contributed by atoms with E-state index < -0.39 is 37.2 Å². The highest BCUT2D eigenvalue weighted by Crippen LogP contribution is 2.31. The van der Waals surface area contributed by atoms with Crippen LogP contribution in [-0.2, 0) is 31.3 Å². The topological polar surface area (TPSA) is 142 Å². The lowest BCUT2D eigenvalue weighted by Gasteiger charge is -2.18. The SMILES string of the molecule is [C-]#[N+]c1ccccc1S(=O)(=O)N[C@@H](Cc1ccc(C2CC(=O)NS2(=O)=O)cc1)c1nc2ccccc2[nH]1. The molecule has 10 nitrogen and oxygen atoms in total. The second kappa shape index (κ2) is 9.44. The van der Waals surface area contributed by atoms with Gasteiger partial charge < -0.3 is 4.98 Å². The number of aromatic amines is 1. The van der Waals surface area contributed by atoms with Gasteiger partial charge in [-0.25, -0.2) is 31.4 Å². The van der Waals surface area contributed by atoms with Crippen LogP contribution in [0.4, 0.5) is 5.69 Å². The molecule has 2 atom stereocenters. The molecule has 12 heteroatoms. The average Bonchev–Trinajstić information content (AvgIpc) is 3.43. The number of para-hydroxylation sites is 3. The van der Waals surface area contributed by atoms with Crippen molar-refractivity contribution in [3.8, 4) is 0 Å². The van der Waals surface area contributed by atoms with Crippen LogP contribution in [0.1, 0.15) is 34.7 Å². The first-order chi connectivity index (χ1) is 17.7. The fourth-order valence-corrected chi connectivity index (χ4v) is 7.08. The van der Waals surface area contributed by atoms with Crippen molar-refractivity contribution < 1.29 is 21.6 Å². The van der Waals surface area contributed by atoms with Gasteiger partial charge in [-0.05, 0) is 29.7 Å². The molecule has 1 saturated heterocycles. The summed E-state index contributed by atoms with van der Waals surface area (Å²) in [4.78, 5) is 22.5. The van der Waals surface area contributed by atoms with Crippen LogP contribution in [0.3, 0.4) is 0 Å². The molecule has 3 N–H and O–H groups in total. The molecule has 1 fully saturated rings. The number of fused-ring (bicyclic) bond motifs is 1. The summed E-state index contributed by atoms with van der Waals surface area (Å²) in [6.07, 6.45) is 0.0394. The molecule has 1 aliphatic rings.